The molecule has 10 heteroatoms. The largest absolute Gasteiger partial charge is 0.360 e. The van der Waals surface area contributed by atoms with Gasteiger partial charge in [-0.2, -0.15) is 4.31 Å². The van der Waals surface area contributed by atoms with Gasteiger partial charge in [0.05, 0.1) is 0 Å². The fourth-order valence-electron chi connectivity index (χ4n) is 4.05. The summed E-state index contributed by atoms with van der Waals surface area (Å²) >= 11 is 0. The lowest BCUT2D eigenvalue weighted by Gasteiger charge is -2.29. The lowest BCUT2D eigenvalue weighted by Crippen LogP contribution is -2.52. The second-order valence-corrected chi connectivity index (χ2v) is 10.7. The number of aromatic nitrogens is 1. The number of aryl methyl sites for hydroxylation is 3. The van der Waals surface area contributed by atoms with Crippen molar-refractivity contribution in [2.24, 2.45) is 5.92 Å². The van der Waals surface area contributed by atoms with Gasteiger partial charge in [0, 0.05) is 31.7 Å². The van der Waals surface area contributed by atoms with Gasteiger partial charge in [-0.3, -0.25) is 9.59 Å². The summed E-state index contributed by atoms with van der Waals surface area (Å²) in [5.41, 5.74) is 1.78. The summed E-state index contributed by atoms with van der Waals surface area (Å²) in [6.07, 6.45) is 0.491. The van der Waals surface area contributed by atoms with E-state index >= 15 is 0 Å². The lowest BCUT2D eigenvalue weighted by atomic mass is 10.0. The van der Waals surface area contributed by atoms with Gasteiger partial charge in [-0.1, -0.05) is 36.7 Å². The third-order valence-electron chi connectivity index (χ3n) is 5.83. The van der Waals surface area contributed by atoms with E-state index in [-0.39, 0.29) is 48.0 Å². The summed E-state index contributed by atoms with van der Waals surface area (Å²) in [4.78, 5) is 27.8. The Morgan fingerprint density at radius 1 is 1.09 bits per heavy atom. The average Bonchev–Trinajstić information content (AvgIpc) is 2.95. The number of sulfonamides is 1. The van der Waals surface area contributed by atoms with E-state index in [4.69, 9.17) is 4.52 Å². The SMILES string of the molecule is Cc1cccc(C(=O)N[C@H](C(=O)N2CCCN(S(=O)(=O)c3c(C)noc3C)CC2)C(C)C)c1. The van der Waals surface area contributed by atoms with Gasteiger partial charge in [0.2, 0.25) is 15.9 Å². The summed E-state index contributed by atoms with van der Waals surface area (Å²) in [5.74, 6) is -0.383. The van der Waals surface area contributed by atoms with Crippen molar-refractivity contribution in [1.29, 1.82) is 0 Å². The van der Waals surface area contributed by atoms with E-state index in [1.807, 2.05) is 26.8 Å². The molecule has 1 saturated heterocycles. The first-order valence-electron chi connectivity index (χ1n) is 11.1. The first kappa shape index (κ1) is 24.9. The molecule has 2 amide bonds. The average molecular weight is 477 g/mol. The van der Waals surface area contributed by atoms with Crippen LogP contribution in [0.15, 0.2) is 33.7 Å². The monoisotopic (exact) mass is 476 g/mol. The summed E-state index contributed by atoms with van der Waals surface area (Å²) < 4.78 is 32.7. The molecule has 1 atom stereocenters. The zero-order chi connectivity index (χ0) is 24.3. The molecule has 1 N–H and O–H groups in total. The van der Waals surface area contributed by atoms with Crippen molar-refractivity contribution in [1.82, 2.24) is 19.7 Å². The quantitative estimate of drug-likeness (QED) is 0.684. The van der Waals surface area contributed by atoms with Crippen molar-refractivity contribution < 1.29 is 22.5 Å². The smallest absolute Gasteiger partial charge is 0.251 e. The molecule has 1 fully saturated rings. The molecule has 0 spiro atoms. The van der Waals surface area contributed by atoms with E-state index in [1.165, 1.54) is 4.31 Å². The number of carbonyl (C=O) groups is 2. The van der Waals surface area contributed by atoms with Crippen LogP contribution in [0.5, 0.6) is 0 Å². The molecule has 33 heavy (non-hydrogen) atoms. The highest BCUT2D eigenvalue weighted by Gasteiger charge is 2.35. The standard InChI is InChI=1S/C23H32N4O5S/c1-15(2)20(24-22(28)19-9-6-8-16(3)14-19)23(29)26-10-7-11-27(13-12-26)33(30,31)21-17(4)25-32-18(21)5/h6,8-9,14-15,20H,7,10-13H2,1-5H3,(H,24,28)/t20-/m0/s1. The lowest BCUT2D eigenvalue weighted by molar-refractivity contribution is -0.134. The Kier molecular flexibility index (Phi) is 7.58. The Bertz CT molecular complexity index is 1110. The highest BCUT2D eigenvalue weighted by atomic mass is 32.2. The van der Waals surface area contributed by atoms with E-state index in [1.54, 1.807) is 36.9 Å². The first-order valence-corrected chi connectivity index (χ1v) is 12.6. The normalized spacial score (nSPS) is 16.5. The van der Waals surface area contributed by atoms with Gasteiger partial charge >= 0.3 is 0 Å². The van der Waals surface area contributed by atoms with E-state index in [9.17, 15) is 18.0 Å². The second-order valence-electron chi connectivity index (χ2n) is 8.80. The third-order valence-corrected chi connectivity index (χ3v) is 7.98. The number of benzene rings is 1. The molecule has 9 nitrogen and oxygen atoms in total. The van der Waals surface area contributed by atoms with Crippen LogP contribution in [-0.4, -0.2) is 66.8 Å². The Morgan fingerprint density at radius 3 is 2.42 bits per heavy atom. The number of hydrogen-bond donors (Lipinski definition) is 1. The minimum absolute atomic E-state index is 0.0905. The number of carbonyl (C=O) groups excluding carboxylic acids is 2. The van der Waals surface area contributed by atoms with Crippen LogP contribution in [-0.2, 0) is 14.8 Å². The Morgan fingerprint density at radius 2 is 1.82 bits per heavy atom. The van der Waals surface area contributed by atoms with E-state index in [0.29, 0.717) is 24.2 Å². The molecule has 3 rings (SSSR count). The van der Waals surface area contributed by atoms with Crippen LogP contribution in [0.4, 0.5) is 0 Å². The van der Waals surface area contributed by atoms with Crippen molar-refractivity contribution in [3.8, 4) is 0 Å². The van der Waals surface area contributed by atoms with Gasteiger partial charge in [-0.05, 0) is 45.2 Å². The second kappa shape index (κ2) is 10.0. The fourth-order valence-corrected chi connectivity index (χ4v) is 5.81. The third kappa shape index (κ3) is 5.44. The van der Waals surface area contributed by atoms with Crippen LogP contribution in [0, 0.1) is 26.7 Å². The summed E-state index contributed by atoms with van der Waals surface area (Å²) in [7, 11) is -3.78. The van der Waals surface area contributed by atoms with Gasteiger partial charge < -0.3 is 14.7 Å². The Labute approximate surface area is 195 Å². The van der Waals surface area contributed by atoms with Crippen molar-refractivity contribution >= 4 is 21.8 Å². The van der Waals surface area contributed by atoms with Gasteiger partial charge in [0.15, 0.2) is 5.76 Å². The minimum atomic E-state index is -3.78. The number of nitrogens with zero attached hydrogens (tertiary/aromatic N) is 3. The van der Waals surface area contributed by atoms with Crippen LogP contribution < -0.4 is 5.32 Å². The van der Waals surface area contributed by atoms with Gasteiger partial charge in [0.1, 0.15) is 16.6 Å². The van der Waals surface area contributed by atoms with E-state index in [2.05, 4.69) is 10.5 Å². The number of nitrogens with one attached hydrogen (secondary N) is 1. The molecule has 1 aliphatic heterocycles. The molecule has 0 unspecified atom stereocenters. The van der Waals surface area contributed by atoms with Gasteiger partial charge in [-0.25, -0.2) is 8.42 Å². The molecule has 0 radical (unpaired) electrons. The Hall–Kier alpha value is -2.72. The van der Waals surface area contributed by atoms with E-state index in [0.717, 1.165) is 5.56 Å². The molecule has 1 aliphatic rings. The fraction of sp³-hybridized carbons (Fsp3) is 0.522. The molecule has 0 aliphatic carbocycles. The first-order chi connectivity index (χ1) is 15.5. The zero-order valence-corrected chi connectivity index (χ0v) is 20.6. The number of rotatable bonds is 6. The Balaban J connectivity index is 1.72. The molecule has 1 aromatic heterocycles. The maximum atomic E-state index is 13.3. The van der Waals surface area contributed by atoms with Crippen molar-refractivity contribution in [3.63, 3.8) is 0 Å². The topological polar surface area (TPSA) is 113 Å². The molecule has 0 bridgehead atoms. The highest BCUT2D eigenvalue weighted by Crippen LogP contribution is 2.24. The van der Waals surface area contributed by atoms with Gasteiger partial charge in [-0.15, -0.1) is 0 Å². The molecule has 0 saturated carbocycles. The van der Waals surface area contributed by atoms with Crippen molar-refractivity contribution in [2.75, 3.05) is 26.2 Å². The number of hydrogen-bond acceptors (Lipinski definition) is 6. The van der Waals surface area contributed by atoms with Crippen LogP contribution in [0.25, 0.3) is 0 Å². The minimum Gasteiger partial charge on any atom is -0.360 e. The molecular formula is C23H32N4O5S. The van der Waals surface area contributed by atoms with Crippen LogP contribution in [0.1, 0.15) is 47.6 Å². The predicted molar refractivity (Wildman–Crippen MR) is 123 cm³/mol. The maximum absolute atomic E-state index is 13.3. The van der Waals surface area contributed by atoms with Crippen LogP contribution in [0.3, 0.4) is 0 Å². The van der Waals surface area contributed by atoms with Crippen molar-refractivity contribution in [2.45, 2.75) is 52.0 Å². The molecular weight excluding hydrogens is 444 g/mol. The number of amides is 2. The maximum Gasteiger partial charge on any atom is 0.251 e. The highest BCUT2D eigenvalue weighted by molar-refractivity contribution is 7.89. The van der Waals surface area contributed by atoms with Crippen molar-refractivity contribution in [3.05, 3.63) is 46.8 Å². The van der Waals surface area contributed by atoms with Crippen LogP contribution >= 0.6 is 0 Å². The summed E-state index contributed by atoms with van der Waals surface area (Å²) in [6, 6.07) is 6.50. The molecule has 2 heterocycles. The summed E-state index contributed by atoms with van der Waals surface area (Å²) in [6.45, 7) is 9.94. The predicted octanol–water partition coefficient (Wildman–Crippen LogP) is 2.28. The molecule has 2 aromatic rings. The van der Waals surface area contributed by atoms with Crippen LogP contribution in [0.2, 0.25) is 0 Å². The zero-order valence-electron chi connectivity index (χ0n) is 19.8. The van der Waals surface area contributed by atoms with E-state index < -0.39 is 16.1 Å². The van der Waals surface area contributed by atoms with Gasteiger partial charge in [0.25, 0.3) is 5.91 Å². The molecule has 180 valence electrons. The summed E-state index contributed by atoms with van der Waals surface area (Å²) in [5, 5.41) is 6.63. The molecule has 1 aromatic carbocycles.